The molecule has 0 radical (unpaired) electrons. The second-order valence-corrected chi connectivity index (χ2v) is 4.92. The van der Waals surface area contributed by atoms with Gasteiger partial charge >= 0.3 is 5.69 Å². The maximum atomic E-state index is 12.4. The summed E-state index contributed by atoms with van der Waals surface area (Å²) in [5.74, 6) is 0.701. The van der Waals surface area contributed by atoms with Crippen LogP contribution in [-0.4, -0.2) is 38.9 Å². The fourth-order valence-electron chi connectivity index (χ4n) is 2.37. The predicted molar refractivity (Wildman–Crippen MR) is 79.5 cm³/mol. The van der Waals surface area contributed by atoms with Crippen molar-refractivity contribution in [3.8, 4) is 0 Å². The Kier molecular flexibility index (Phi) is 4.59. The van der Waals surface area contributed by atoms with Crippen molar-refractivity contribution in [2.24, 2.45) is 12.8 Å². The molecule has 2 aromatic rings. The number of nitrogens with zero attached hydrogens (tertiary/aromatic N) is 4. The number of imidazole rings is 1. The first-order chi connectivity index (χ1) is 10.0. The molecule has 0 atom stereocenters. The van der Waals surface area contributed by atoms with Crippen molar-refractivity contribution in [2.75, 3.05) is 20.3 Å². The number of hydrogen-bond acceptors (Lipinski definition) is 5. The molecule has 0 spiro atoms. The van der Waals surface area contributed by atoms with E-state index < -0.39 is 0 Å². The number of ether oxygens (including phenoxy) is 1. The molecule has 0 aliphatic carbocycles. The number of fused-ring (bicyclic) bond motifs is 1. The van der Waals surface area contributed by atoms with Crippen molar-refractivity contribution in [1.29, 1.82) is 0 Å². The fourth-order valence-corrected chi connectivity index (χ4v) is 2.37. The van der Waals surface area contributed by atoms with E-state index in [9.17, 15) is 9.59 Å². The predicted octanol–water partition coefficient (Wildman–Crippen LogP) is -0.800. The zero-order valence-corrected chi connectivity index (χ0v) is 12.6. The van der Waals surface area contributed by atoms with E-state index in [1.165, 1.54) is 11.6 Å². The quantitative estimate of drug-likeness (QED) is 0.752. The lowest BCUT2D eigenvalue weighted by atomic mass is 10.4. The van der Waals surface area contributed by atoms with Crippen LogP contribution in [0.1, 0.15) is 12.2 Å². The van der Waals surface area contributed by atoms with Crippen LogP contribution in [0.3, 0.4) is 0 Å². The van der Waals surface area contributed by atoms with Gasteiger partial charge in [0.1, 0.15) is 5.82 Å². The summed E-state index contributed by atoms with van der Waals surface area (Å²) < 4.78 is 9.44. The van der Waals surface area contributed by atoms with Crippen LogP contribution >= 0.6 is 0 Å². The topological polar surface area (TPSA) is 97.1 Å². The van der Waals surface area contributed by atoms with Crippen LogP contribution in [0, 0.1) is 6.92 Å². The minimum absolute atomic E-state index is 0.332. The van der Waals surface area contributed by atoms with Crippen LogP contribution in [-0.2, 0) is 24.9 Å². The summed E-state index contributed by atoms with van der Waals surface area (Å²) >= 11 is 0. The zero-order valence-electron chi connectivity index (χ0n) is 12.6. The lowest BCUT2D eigenvalue weighted by Crippen LogP contribution is -2.39. The highest BCUT2D eigenvalue weighted by Gasteiger charge is 2.18. The summed E-state index contributed by atoms with van der Waals surface area (Å²) in [6.45, 7) is 3.69. The Morgan fingerprint density at radius 1 is 1.24 bits per heavy atom. The molecular formula is C13H21N5O3. The molecule has 2 heterocycles. The molecule has 2 aromatic heterocycles. The molecule has 0 saturated heterocycles. The molecule has 0 fully saturated rings. The third-order valence-corrected chi connectivity index (χ3v) is 3.53. The monoisotopic (exact) mass is 295 g/mol. The number of methoxy groups -OCH3 is 1. The lowest BCUT2D eigenvalue weighted by Gasteiger charge is -2.09. The minimum Gasteiger partial charge on any atom is -0.383 e. The SMILES string of the molecule is COCCn1c(=O)n(C)c(=O)c2c1nc(C)n2CCCN. The van der Waals surface area contributed by atoms with Gasteiger partial charge in [-0.15, -0.1) is 0 Å². The Labute approximate surface area is 121 Å². The molecule has 8 heteroatoms. The average molecular weight is 295 g/mol. The number of hydrogen-bond donors (Lipinski definition) is 1. The van der Waals surface area contributed by atoms with Gasteiger partial charge in [-0.25, -0.2) is 9.78 Å². The Morgan fingerprint density at radius 2 is 1.95 bits per heavy atom. The summed E-state index contributed by atoms with van der Waals surface area (Å²) in [7, 11) is 3.04. The van der Waals surface area contributed by atoms with Gasteiger partial charge in [0.2, 0.25) is 0 Å². The second-order valence-electron chi connectivity index (χ2n) is 4.92. The molecule has 0 amide bonds. The van der Waals surface area contributed by atoms with Gasteiger partial charge in [0.15, 0.2) is 11.2 Å². The largest absolute Gasteiger partial charge is 0.383 e. The Hall–Kier alpha value is -1.93. The molecule has 0 aromatic carbocycles. The van der Waals surface area contributed by atoms with Crippen molar-refractivity contribution in [1.82, 2.24) is 18.7 Å². The Morgan fingerprint density at radius 3 is 2.57 bits per heavy atom. The van der Waals surface area contributed by atoms with Crippen LogP contribution in [0.2, 0.25) is 0 Å². The molecule has 0 bridgehead atoms. The maximum Gasteiger partial charge on any atom is 0.332 e. The number of rotatable bonds is 6. The van der Waals surface area contributed by atoms with Gasteiger partial charge in [0, 0.05) is 20.7 Å². The second kappa shape index (κ2) is 6.23. The molecule has 2 rings (SSSR count). The van der Waals surface area contributed by atoms with Crippen LogP contribution in [0.15, 0.2) is 9.59 Å². The molecule has 8 nitrogen and oxygen atoms in total. The molecule has 0 unspecified atom stereocenters. The summed E-state index contributed by atoms with van der Waals surface area (Å²) in [6.07, 6.45) is 0.743. The number of nitrogens with two attached hydrogens (primary N) is 1. The van der Waals surface area contributed by atoms with Gasteiger partial charge in [0.05, 0.1) is 13.2 Å². The van der Waals surface area contributed by atoms with Gasteiger partial charge in [0.25, 0.3) is 5.56 Å². The van der Waals surface area contributed by atoms with Crippen LogP contribution in [0.5, 0.6) is 0 Å². The van der Waals surface area contributed by atoms with Gasteiger partial charge in [-0.05, 0) is 19.9 Å². The van der Waals surface area contributed by atoms with E-state index in [1.54, 1.807) is 7.11 Å². The van der Waals surface area contributed by atoms with Gasteiger partial charge in [-0.2, -0.15) is 0 Å². The molecule has 0 aliphatic rings. The third kappa shape index (κ3) is 2.64. The fraction of sp³-hybridized carbons (Fsp3) is 0.615. The first-order valence-corrected chi connectivity index (χ1v) is 6.88. The molecule has 2 N–H and O–H groups in total. The van der Waals surface area contributed by atoms with Crippen LogP contribution in [0.4, 0.5) is 0 Å². The average Bonchev–Trinajstić information content (AvgIpc) is 2.79. The van der Waals surface area contributed by atoms with Crippen LogP contribution in [0.25, 0.3) is 11.2 Å². The summed E-state index contributed by atoms with van der Waals surface area (Å²) in [5.41, 5.74) is 5.68. The number of aromatic nitrogens is 4. The smallest absolute Gasteiger partial charge is 0.332 e. The van der Waals surface area contributed by atoms with Crippen molar-refractivity contribution >= 4 is 11.2 Å². The molecule has 116 valence electrons. The summed E-state index contributed by atoms with van der Waals surface area (Å²) in [4.78, 5) is 29.0. The highest BCUT2D eigenvalue weighted by molar-refractivity contribution is 5.71. The van der Waals surface area contributed by atoms with E-state index in [1.807, 2.05) is 11.5 Å². The normalized spacial score (nSPS) is 11.4. The van der Waals surface area contributed by atoms with E-state index in [2.05, 4.69) is 4.98 Å². The highest BCUT2D eigenvalue weighted by atomic mass is 16.5. The van der Waals surface area contributed by atoms with E-state index in [-0.39, 0.29) is 11.2 Å². The van der Waals surface area contributed by atoms with Crippen molar-refractivity contribution in [3.05, 3.63) is 26.7 Å². The van der Waals surface area contributed by atoms with E-state index in [0.717, 1.165) is 11.0 Å². The van der Waals surface area contributed by atoms with Crippen molar-refractivity contribution in [2.45, 2.75) is 26.4 Å². The minimum atomic E-state index is -0.381. The molecule has 0 saturated carbocycles. The molecular weight excluding hydrogens is 274 g/mol. The number of aryl methyl sites for hydroxylation is 2. The molecule has 21 heavy (non-hydrogen) atoms. The Balaban J connectivity index is 2.75. The van der Waals surface area contributed by atoms with Gasteiger partial charge < -0.3 is 15.0 Å². The van der Waals surface area contributed by atoms with E-state index >= 15 is 0 Å². The summed E-state index contributed by atoms with van der Waals surface area (Å²) in [6, 6.07) is 0. The Bertz CT molecular complexity index is 756. The first-order valence-electron chi connectivity index (χ1n) is 6.88. The van der Waals surface area contributed by atoms with E-state index in [4.69, 9.17) is 10.5 Å². The van der Waals surface area contributed by atoms with Crippen LogP contribution < -0.4 is 17.0 Å². The standard InChI is InChI=1S/C13H21N5O3/c1-9-15-11-10(17(9)6-4-5-14)12(19)16(2)13(20)18(11)7-8-21-3/h4-8,14H2,1-3H3. The summed E-state index contributed by atoms with van der Waals surface area (Å²) in [5, 5.41) is 0. The first kappa shape index (κ1) is 15.5. The third-order valence-electron chi connectivity index (χ3n) is 3.53. The highest BCUT2D eigenvalue weighted by Crippen LogP contribution is 2.11. The van der Waals surface area contributed by atoms with Crippen molar-refractivity contribution in [3.63, 3.8) is 0 Å². The van der Waals surface area contributed by atoms with Gasteiger partial charge in [-0.3, -0.25) is 13.9 Å². The molecule has 0 aliphatic heterocycles. The zero-order chi connectivity index (χ0) is 15.6. The van der Waals surface area contributed by atoms with Gasteiger partial charge in [-0.1, -0.05) is 0 Å². The lowest BCUT2D eigenvalue weighted by molar-refractivity contribution is 0.186. The van der Waals surface area contributed by atoms with Crippen molar-refractivity contribution < 1.29 is 4.74 Å². The maximum absolute atomic E-state index is 12.4. The van der Waals surface area contributed by atoms with E-state index in [0.29, 0.717) is 43.2 Å².